The van der Waals surface area contributed by atoms with Gasteiger partial charge < -0.3 is 5.11 Å². The molecule has 0 amide bonds. The molecule has 0 aromatic carbocycles. The fourth-order valence-electron chi connectivity index (χ4n) is 0.673. The number of allylic oxidation sites excluding steroid dienone is 2. The van der Waals surface area contributed by atoms with Gasteiger partial charge in [0.1, 0.15) is 0 Å². The molecule has 0 saturated carbocycles. The van der Waals surface area contributed by atoms with Gasteiger partial charge in [0.2, 0.25) is 0 Å². The first-order chi connectivity index (χ1) is 4.72. The van der Waals surface area contributed by atoms with Gasteiger partial charge in [-0.25, -0.2) is 4.79 Å². The van der Waals surface area contributed by atoms with E-state index in [2.05, 4.69) is 6.58 Å². The summed E-state index contributed by atoms with van der Waals surface area (Å²) in [6, 6.07) is 0. The lowest BCUT2D eigenvalue weighted by Crippen LogP contribution is -1.99. The van der Waals surface area contributed by atoms with Gasteiger partial charge in [0.25, 0.3) is 0 Å². The van der Waals surface area contributed by atoms with Crippen molar-refractivity contribution in [3.05, 3.63) is 24.3 Å². The van der Waals surface area contributed by atoms with Crippen LogP contribution in [-0.4, -0.2) is 11.1 Å². The summed E-state index contributed by atoms with van der Waals surface area (Å²) in [5.74, 6) is -0.846. The number of hydrogen-bond donors (Lipinski definition) is 1. The van der Waals surface area contributed by atoms with Crippen LogP contribution >= 0.6 is 0 Å². The molecule has 2 heteroatoms. The quantitative estimate of drug-likeness (QED) is 0.479. The van der Waals surface area contributed by atoms with E-state index in [0.717, 1.165) is 6.42 Å². The first-order valence-corrected chi connectivity index (χ1v) is 3.27. The van der Waals surface area contributed by atoms with Crippen LogP contribution in [0.25, 0.3) is 0 Å². The maximum atomic E-state index is 10.4. The second-order valence-corrected chi connectivity index (χ2v) is 1.98. The lowest BCUT2D eigenvalue weighted by Gasteiger charge is -1.95. The van der Waals surface area contributed by atoms with E-state index in [1.165, 1.54) is 12.2 Å². The highest BCUT2D eigenvalue weighted by Gasteiger charge is 2.02. The molecular weight excluding hydrogens is 128 g/mol. The second-order valence-electron chi connectivity index (χ2n) is 1.98. The molecule has 0 heterocycles. The Morgan fingerprint density at radius 1 is 1.70 bits per heavy atom. The third-order valence-corrected chi connectivity index (χ3v) is 1.11. The van der Waals surface area contributed by atoms with Crippen molar-refractivity contribution < 1.29 is 9.90 Å². The van der Waals surface area contributed by atoms with Gasteiger partial charge in [-0.3, -0.25) is 0 Å². The van der Waals surface area contributed by atoms with Gasteiger partial charge in [0.15, 0.2) is 0 Å². The first-order valence-electron chi connectivity index (χ1n) is 3.27. The number of carboxylic acids is 1. The van der Waals surface area contributed by atoms with E-state index < -0.39 is 5.97 Å². The predicted molar refractivity (Wildman–Crippen MR) is 40.8 cm³/mol. The lowest BCUT2D eigenvalue weighted by molar-refractivity contribution is -0.132. The van der Waals surface area contributed by atoms with Gasteiger partial charge in [-0.15, -0.1) is 0 Å². The number of carboxylic acid groups (broad SMARTS) is 1. The second kappa shape index (κ2) is 4.79. The fourth-order valence-corrected chi connectivity index (χ4v) is 0.673. The Morgan fingerprint density at radius 2 is 2.30 bits per heavy atom. The lowest BCUT2D eigenvalue weighted by atomic mass is 10.1. The Labute approximate surface area is 60.9 Å². The monoisotopic (exact) mass is 140 g/mol. The van der Waals surface area contributed by atoms with Crippen LogP contribution in [0.1, 0.15) is 19.8 Å². The van der Waals surface area contributed by atoms with Gasteiger partial charge in [0, 0.05) is 5.57 Å². The maximum absolute atomic E-state index is 10.4. The molecule has 0 spiro atoms. The highest BCUT2D eigenvalue weighted by atomic mass is 16.4. The Kier molecular flexibility index (Phi) is 4.29. The molecule has 0 aromatic heterocycles. The predicted octanol–water partition coefficient (Wildman–Crippen LogP) is 1.98. The third-order valence-electron chi connectivity index (χ3n) is 1.11. The topological polar surface area (TPSA) is 37.3 Å². The van der Waals surface area contributed by atoms with Crippen molar-refractivity contribution in [3.8, 4) is 0 Å². The van der Waals surface area contributed by atoms with E-state index in [0.29, 0.717) is 12.0 Å². The van der Waals surface area contributed by atoms with Crippen LogP contribution in [0.15, 0.2) is 24.3 Å². The van der Waals surface area contributed by atoms with Gasteiger partial charge >= 0.3 is 5.97 Å². The summed E-state index contributed by atoms with van der Waals surface area (Å²) in [5.41, 5.74) is 0.428. The van der Waals surface area contributed by atoms with Gasteiger partial charge in [-0.1, -0.05) is 32.1 Å². The van der Waals surface area contributed by atoms with E-state index in [4.69, 9.17) is 5.11 Å². The fraction of sp³-hybridized carbons (Fsp3) is 0.375. The summed E-state index contributed by atoms with van der Waals surface area (Å²) in [6.07, 6.45) is 4.50. The molecular formula is C8H12O2. The van der Waals surface area contributed by atoms with E-state index in [9.17, 15) is 4.79 Å². The Bertz CT molecular complexity index is 157. The molecule has 56 valence electrons. The van der Waals surface area contributed by atoms with E-state index in [-0.39, 0.29) is 0 Å². The summed E-state index contributed by atoms with van der Waals surface area (Å²) in [4.78, 5) is 10.4. The minimum Gasteiger partial charge on any atom is -0.478 e. The molecule has 0 fully saturated rings. The zero-order valence-corrected chi connectivity index (χ0v) is 6.13. The molecule has 0 aliphatic heterocycles. The van der Waals surface area contributed by atoms with Crippen LogP contribution < -0.4 is 0 Å². The minimum atomic E-state index is -0.846. The number of carbonyl (C=O) groups is 1. The largest absolute Gasteiger partial charge is 0.478 e. The van der Waals surface area contributed by atoms with Crippen molar-refractivity contribution >= 4 is 5.97 Å². The smallest absolute Gasteiger partial charge is 0.331 e. The summed E-state index contributed by atoms with van der Waals surface area (Å²) in [7, 11) is 0. The Hall–Kier alpha value is -1.05. The van der Waals surface area contributed by atoms with Crippen LogP contribution in [0.2, 0.25) is 0 Å². The summed E-state index contributed by atoms with van der Waals surface area (Å²) < 4.78 is 0. The SMILES string of the molecule is C=C/C=C(\CCC)C(=O)O. The average molecular weight is 140 g/mol. The molecule has 0 unspecified atom stereocenters. The Balaban J connectivity index is 4.11. The molecule has 0 atom stereocenters. The van der Waals surface area contributed by atoms with Crippen LogP contribution in [0.4, 0.5) is 0 Å². The average Bonchev–Trinajstić information content (AvgIpc) is 1.87. The van der Waals surface area contributed by atoms with Crippen molar-refractivity contribution in [1.29, 1.82) is 0 Å². The number of hydrogen-bond acceptors (Lipinski definition) is 1. The van der Waals surface area contributed by atoms with Crippen molar-refractivity contribution in [2.24, 2.45) is 0 Å². The zero-order valence-electron chi connectivity index (χ0n) is 6.13. The van der Waals surface area contributed by atoms with E-state index >= 15 is 0 Å². The summed E-state index contributed by atoms with van der Waals surface area (Å²) >= 11 is 0. The molecule has 0 aliphatic carbocycles. The minimum absolute atomic E-state index is 0.428. The zero-order chi connectivity index (χ0) is 7.98. The summed E-state index contributed by atoms with van der Waals surface area (Å²) in [5, 5.41) is 8.52. The molecule has 0 bridgehead atoms. The highest BCUT2D eigenvalue weighted by molar-refractivity contribution is 5.86. The molecule has 0 saturated heterocycles. The maximum Gasteiger partial charge on any atom is 0.331 e. The molecule has 0 aliphatic rings. The normalized spacial score (nSPS) is 11.1. The van der Waals surface area contributed by atoms with Crippen LogP contribution in [0.5, 0.6) is 0 Å². The molecule has 10 heavy (non-hydrogen) atoms. The Morgan fingerprint density at radius 3 is 2.60 bits per heavy atom. The van der Waals surface area contributed by atoms with Crippen molar-refractivity contribution in [2.45, 2.75) is 19.8 Å². The molecule has 1 N–H and O–H groups in total. The van der Waals surface area contributed by atoms with E-state index in [1.807, 2.05) is 6.92 Å². The number of rotatable bonds is 4. The summed E-state index contributed by atoms with van der Waals surface area (Å²) in [6.45, 7) is 5.37. The van der Waals surface area contributed by atoms with Crippen molar-refractivity contribution in [2.75, 3.05) is 0 Å². The highest BCUT2D eigenvalue weighted by Crippen LogP contribution is 2.04. The van der Waals surface area contributed by atoms with Crippen LogP contribution in [0, 0.1) is 0 Å². The molecule has 0 radical (unpaired) electrons. The van der Waals surface area contributed by atoms with Crippen molar-refractivity contribution in [1.82, 2.24) is 0 Å². The third kappa shape index (κ3) is 3.07. The first kappa shape index (κ1) is 8.95. The van der Waals surface area contributed by atoms with E-state index in [1.54, 1.807) is 0 Å². The van der Waals surface area contributed by atoms with Gasteiger partial charge in [0.05, 0.1) is 0 Å². The molecule has 0 aromatic rings. The standard InChI is InChI=1S/C8H12O2/c1-3-5-7(6-4-2)8(9)10/h3,5H,1,4,6H2,2H3,(H,9,10)/b7-5+. The van der Waals surface area contributed by atoms with Crippen LogP contribution in [0.3, 0.4) is 0 Å². The van der Waals surface area contributed by atoms with Crippen LogP contribution in [-0.2, 0) is 4.79 Å². The molecule has 2 nitrogen and oxygen atoms in total. The molecule has 0 rings (SSSR count). The number of aliphatic carboxylic acids is 1. The van der Waals surface area contributed by atoms with Gasteiger partial charge in [-0.05, 0) is 6.42 Å². The van der Waals surface area contributed by atoms with Crippen molar-refractivity contribution in [3.63, 3.8) is 0 Å². The van der Waals surface area contributed by atoms with Gasteiger partial charge in [-0.2, -0.15) is 0 Å².